The molecule has 7 nitrogen and oxygen atoms in total. The first-order valence-corrected chi connectivity index (χ1v) is 5.68. The van der Waals surface area contributed by atoms with Gasteiger partial charge in [0.25, 0.3) is 5.91 Å². The minimum Gasteiger partial charge on any atom is -0.746 e. The van der Waals surface area contributed by atoms with Crippen molar-refractivity contribution in [3.8, 4) is 6.07 Å². The van der Waals surface area contributed by atoms with Gasteiger partial charge in [-0.3, -0.25) is 4.79 Å². The number of nitriles is 1. The molecule has 0 aromatic rings. The maximum atomic E-state index is 11.3. The van der Waals surface area contributed by atoms with Crippen LogP contribution in [0.15, 0.2) is 0 Å². The number of likely N-dealkylation sites (tertiary alicyclic amines) is 1. The number of carbonyl (C=O) groups excluding carboxylic acids is 1. The maximum absolute atomic E-state index is 11.3. The number of aliphatic hydroxyl groups is 1. The molecule has 1 amide bonds. The van der Waals surface area contributed by atoms with Crippen LogP contribution in [-0.4, -0.2) is 46.9 Å². The van der Waals surface area contributed by atoms with Gasteiger partial charge in [0.1, 0.15) is 16.2 Å². The van der Waals surface area contributed by atoms with E-state index in [1.807, 2.05) is 0 Å². The Morgan fingerprint density at radius 2 is 2.19 bits per heavy atom. The molecule has 16 heavy (non-hydrogen) atoms. The van der Waals surface area contributed by atoms with E-state index in [9.17, 15) is 17.8 Å². The van der Waals surface area contributed by atoms with E-state index in [-0.39, 0.29) is 36.1 Å². The summed E-state index contributed by atoms with van der Waals surface area (Å²) >= 11 is 0. The van der Waals surface area contributed by atoms with Crippen LogP contribution in [0.3, 0.4) is 0 Å². The normalized spacial score (nSPS) is 22.1. The fourth-order valence-electron chi connectivity index (χ4n) is 1.43. The predicted octanol–water partition coefficient (Wildman–Crippen LogP) is -4.63. The molecule has 0 saturated carbocycles. The number of nitrogens with zero attached hydrogens (tertiary/aromatic N) is 2. The number of aliphatic hydroxyl groups excluding tert-OH is 1. The van der Waals surface area contributed by atoms with Gasteiger partial charge in [0.05, 0.1) is 6.07 Å². The number of amides is 1. The molecule has 1 saturated heterocycles. The maximum Gasteiger partial charge on any atom is 1.00 e. The fraction of sp³-hybridized carbons (Fsp3) is 0.714. The first-order valence-electron chi connectivity index (χ1n) is 4.21. The Morgan fingerprint density at radius 3 is 2.62 bits per heavy atom. The van der Waals surface area contributed by atoms with Crippen molar-refractivity contribution < 1.29 is 52.4 Å². The second-order valence-corrected chi connectivity index (χ2v) is 4.60. The van der Waals surface area contributed by atoms with Crippen molar-refractivity contribution in [1.29, 1.82) is 5.26 Å². The zero-order valence-electron chi connectivity index (χ0n) is 8.66. The van der Waals surface area contributed by atoms with Gasteiger partial charge in [0, 0.05) is 6.54 Å². The largest absolute Gasteiger partial charge is 1.00 e. The van der Waals surface area contributed by atoms with Crippen molar-refractivity contribution in [3.05, 3.63) is 0 Å². The van der Waals surface area contributed by atoms with Crippen molar-refractivity contribution in [2.45, 2.75) is 24.3 Å². The molecule has 84 valence electrons. The molecule has 1 aliphatic rings. The minimum absolute atomic E-state index is 0. The number of hydrogen-bond donors (Lipinski definition) is 1. The van der Waals surface area contributed by atoms with E-state index in [0.717, 1.165) is 4.90 Å². The first-order chi connectivity index (χ1) is 6.88. The van der Waals surface area contributed by atoms with Crippen molar-refractivity contribution in [3.63, 3.8) is 0 Å². The number of carbonyl (C=O) groups is 1. The summed E-state index contributed by atoms with van der Waals surface area (Å²) in [5.41, 5.74) is -2.61. The van der Waals surface area contributed by atoms with Crippen LogP contribution in [0.2, 0.25) is 0 Å². The summed E-state index contributed by atoms with van der Waals surface area (Å²) in [7, 11) is -5.07. The molecule has 0 aliphatic carbocycles. The average Bonchev–Trinajstić information content (AvgIpc) is 2.61. The van der Waals surface area contributed by atoms with E-state index in [2.05, 4.69) is 0 Å². The fourth-order valence-corrected chi connectivity index (χ4v) is 1.81. The van der Waals surface area contributed by atoms with E-state index < -0.39 is 27.5 Å². The molecule has 1 rings (SSSR count). The molecule has 0 aromatic carbocycles. The summed E-state index contributed by atoms with van der Waals surface area (Å²) in [5, 5.41) is 17.5. The monoisotopic (exact) mass is 256 g/mol. The first kappa shape index (κ1) is 15.8. The Kier molecular flexibility index (Phi) is 5.89. The van der Waals surface area contributed by atoms with Crippen molar-refractivity contribution in [1.82, 2.24) is 4.90 Å². The molecule has 0 spiro atoms. The van der Waals surface area contributed by atoms with Gasteiger partial charge in [0.15, 0.2) is 0 Å². The third kappa shape index (κ3) is 3.41. The van der Waals surface area contributed by atoms with Gasteiger partial charge in [-0.1, -0.05) is 0 Å². The Bertz CT molecular complexity index is 403. The summed E-state index contributed by atoms with van der Waals surface area (Å²) in [6, 6.07) is 1.04. The summed E-state index contributed by atoms with van der Waals surface area (Å²) in [4.78, 5) is 12.2. The van der Waals surface area contributed by atoms with Crippen molar-refractivity contribution >= 4 is 16.0 Å². The molecule has 2 atom stereocenters. The van der Waals surface area contributed by atoms with Crippen LogP contribution < -0.4 is 29.6 Å². The molecule has 2 unspecified atom stereocenters. The van der Waals surface area contributed by atoms with E-state index in [1.165, 1.54) is 0 Å². The van der Waals surface area contributed by atoms with Crippen LogP contribution in [0.25, 0.3) is 0 Å². The van der Waals surface area contributed by atoms with Gasteiger partial charge in [0.2, 0.25) is 5.44 Å². The Labute approximate surface area is 115 Å². The van der Waals surface area contributed by atoms with Gasteiger partial charge in [-0.25, -0.2) is 8.42 Å². The minimum atomic E-state index is -5.07. The molecule has 0 aromatic heterocycles. The SMILES string of the molecule is N#CC1CCCN1C(=O)C(O)S(=O)(=O)[O-].[Na+]. The third-order valence-corrected chi connectivity index (χ3v) is 2.92. The van der Waals surface area contributed by atoms with Crippen LogP contribution in [0, 0.1) is 11.3 Å². The van der Waals surface area contributed by atoms with E-state index in [4.69, 9.17) is 10.4 Å². The quantitative estimate of drug-likeness (QED) is 0.391. The van der Waals surface area contributed by atoms with Gasteiger partial charge < -0.3 is 14.6 Å². The number of rotatable bonds is 2. The van der Waals surface area contributed by atoms with Gasteiger partial charge >= 0.3 is 29.6 Å². The molecule has 1 N–H and O–H groups in total. The van der Waals surface area contributed by atoms with Crippen LogP contribution >= 0.6 is 0 Å². The van der Waals surface area contributed by atoms with E-state index >= 15 is 0 Å². The molecular formula is C7H9N2NaO5S. The topological polar surface area (TPSA) is 122 Å². The summed E-state index contributed by atoms with van der Waals surface area (Å²) in [6.07, 6.45) is 0.976. The molecule has 9 heteroatoms. The molecular weight excluding hydrogens is 247 g/mol. The second-order valence-electron chi connectivity index (χ2n) is 3.16. The molecule has 0 radical (unpaired) electrons. The Morgan fingerprint density at radius 1 is 1.62 bits per heavy atom. The number of hydrogen-bond acceptors (Lipinski definition) is 6. The third-order valence-electron chi connectivity index (χ3n) is 2.17. The van der Waals surface area contributed by atoms with Crippen LogP contribution in [0.5, 0.6) is 0 Å². The zero-order chi connectivity index (χ0) is 11.6. The van der Waals surface area contributed by atoms with Crippen molar-refractivity contribution in [2.75, 3.05) is 6.54 Å². The van der Waals surface area contributed by atoms with Crippen LogP contribution in [-0.2, 0) is 14.9 Å². The molecule has 1 heterocycles. The molecule has 1 aliphatic heterocycles. The van der Waals surface area contributed by atoms with Gasteiger partial charge in [-0.05, 0) is 12.8 Å². The summed E-state index contributed by atoms with van der Waals surface area (Å²) < 4.78 is 31.2. The van der Waals surface area contributed by atoms with E-state index in [0.29, 0.717) is 12.8 Å². The van der Waals surface area contributed by atoms with Crippen LogP contribution in [0.4, 0.5) is 0 Å². The van der Waals surface area contributed by atoms with Gasteiger partial charge in [-0.2, -0.15) is 5.26 Å². The average molecular weight is 256 g/mol. The summed E-state index contributed by atoms with van der Waals surface area (Å²) in [6.45, 7) is 0.184. The summed E-state index contributed by atoms with van der Waals surface area (Å²) in [5.74, 6) is -1.21. The van der Waals surface area contributed by atoms with Gasteiger partial charge in [-0.15, -0.1) is 0 Å². The Hall–Kier alpha value is -0.170. The molecule has 0 bridgehead atoms. The van der Waals surface area contributed by atoms with E-state index in [1.54, 1.807) is 6.07 Å². The smallest absolute Gasteiger partial charge is 0.746 e. The zero-order valence-corrected chi connectivity index (χ0v) is 11.5. The standard InChI is InChI=1S/C7H10N2O5S.Na/c8-4-5-2-1-3-9(5)6(10)7(11)15(12,13)14;/h5,7,11H,1-3H2,(H,12,13,14);/q;+1/p-1. The van der Waals surface area contributed by atoms with Crippen molar-refractivity contribution in [2.24, 2.45) is 0 Å². The molecule has 1 fully saturated rings. The van der Waals surface area contributed by atoms with Crippen LogP contribution in [0.1, 0.15) is 12.8 Å². The second kappa shape index (κ2) is 5.95. The predicted molar refractivity (Wildman–Crippen MR) is 46.1 cm³/mol. The Balaban J connectivity index is 0.00000225.